The fraction of sp³-hybridized carbons (Fsp3) is 0.588. The minimum atomic E-state index is -0.741. The lowest BCUT2D eigenvalue weighted by Crippen LogP contribution is -2.46. The highest BCUT2D eigenvalue weighted by atomic mass is 32.1. The van der Waals surface area contributed by atoms with Gasteiger partial charge in [-0.05, 0) is 48.1 Å². The van der Waals surface area contributed by atoms with Gasteiger partial charge in [-0.25, -0.2) is 4.79 Å². The third-order valence-electron chi connectivity index (χ3n) is 5.50. The number of thiophene rings is 1. The molecule has 0 unspecified atom stereocenters. The second-order valence-electron chi connectivity index (χ2n) is 6.91. The van der Waals surface area contributed by atoms with Crippen LogP contribution in [0, 0.1) is 0 Å². The zero-order valence-electron chi connectivity index (χ0n) is 13.5. The van der Waals surface area contributed by atoms with Crippen molar-refractivity contribution in [1.29, 1.82) is 0 Å². The van der Waals surface area contributed by atoms with Crippen molar-refractivity contribution in [3.63, 3.8) is 0 Å². The third-order valence-corrected chi connectivity index (χ3v) is 6.20. The monoisotopic (exact) mass is 347 g/mol. The van der Waals surface area contributed by atoms with Crippen LogP contribution in [0.15, 0.2) is 16.8 Å². The second kappa shape index (κ2) is 5.88. The highest BCUT2D eigenvalue weighted by Crippen LogP contribution is 2.36. The van der Waals surface area contributed by atoms with E-state index in [1.807, 2.05) is 16.3 Å². The molecule has 1 spiro atoms. The number of nitrogens with one attached hydrogen (secondary N) is 1. The summed E-state index contributed by atoms with van der Waals surface area (Å²) in [5.41, 5.74) is 0.407. The maximum atomic E-state index is 12.8. The molecular weight excluding hydrogens is 326 g/mol. The number of nitrogens with zero attached hydrogens (tertiary/aromatic N) is 2. The molecule has 3 aliphatic rings. The number of urea groups is 1. The minimum absolute atomic E-state index is 0.0740. The zero-order chi connectivity index (χ0) is 16.7. The van der Waals surface area contributed by atoms with Gasteiger partial charge in [-0.15, -0.1) is 0 Å². The SMILES string of the molecule is O=C1NC2(CCCC2)C(=O)N1CC(=O)N1CCC[C@@H]1c1ccsc1. The van der Waals surface area contributed by atoms with E-state index in [2.05, 4.69) is 10.7 Å². The number of hydrogen-bond donors (Lipinski definition) is 1. The molecule has 3 heterocycles. The summed E-state index contributed by atoms with van der Waals surface area (Å²) in [6.07, 6.45) is 5.15. The van der Waals surface area contributed by atoms with E-state index in [-0.39, 0.29) is 24.4 Å². The van der Waals surface area contributed by atoms with Gasteiger partial charge in [0.25, 0.3) is 5.91 Å². The number of imide groups is 1. The number of amides is 4. The Bertz CT molecular complexity index is 667. The molecule has 1 saturated carbocycles. The van der Waals surface area contributed by atoms with Gasteiger partial charge in [-0.3, -0.25) is 14.5 Å². The molecule has 0 aromatic carbocycles. The van der Waals surface area contributed by atoms with E-state index in [1.165, 1.54) is 0 Å². The predicted octanol–water partition coefficient (Wildman–Crippen LogP) is 2.28. The quantitative estimate of drug-likeness (QED) is 0.853. The fourth-order valence-electron chi connectivity index (χ4n) is 4.24. The Morgan fingerprint density at radius 2 is 2.08 bits per heavy atom. The van der Waals surface area contributed by atoms with Crippen molar-refractivity contribution < 1.29 is 14.4 Å². The lowest BCUT2D eigenvalue weighted by atomic mass is 9.98. The first-order valence-corrected chi connectivity index (χ1v) is 9.51. The van der Waals surface area contributed by atoms with E-state index in [0.717, 1.165) is 36.1 Å². The Morgan fingerprint density at radius 3 is 2.79 bits per heavy atom. The average molecular weight is 347 g/mol. The second-order valence-corrected chi connectivity index (χ2v) is 7.69. The first kappa shape index (κ1) is 15.6. The third kappa shape index (κ3) is 2.42. The van der Waals surface area contributed by atoms with Crippen LogP contribution in [0.25, 0.3) is 0 Å². The molecule has 128 valence electrons. The van der Waals surface area contributed by atoms with Gasteiger partial charge in [0.15, 0.2) is 0 Å². The summed E-state index contributed by atoms with van der Waals surface area (Å²) in [6, 6.07) is 1.70. The summed E-state index contributed by atoms with van der Waals surface area (Å²) >= 11 is 1.62. The molecule has 4 amide bonds. The summed E-state index contributed by atoms with van der Waals surface area (Å²) in [5, 5.41) is 6.91. The molecule has 6 nitrogen and oxygen atoms in total. The summed E-state index contributed by atoms with van der Waals surface area (Å²) in [4.78, 5) is 40.6. The van der Waals surface area contributed by atoms with E-state index in [1.54, 1.807) is 11.3 Å². The lowest BCUT2D eigenvalue weighted by Gasteiger charge is -2.26. The maximum Gasteiger partial charge on any atom is 0.325 e. The molecule has 1 aromatic heterocycles. The molecule has 24 heavy (non-hydrogen) atoms. The minimum Gasteiger partial charge on any atom is -0.334 e. The number of carbonyl (C=O) groups excluding carboxylic acids is 3. The van der Waals surface area contributed by atoms with E-state index < -0.39 is 11.6 Å². The van der Waals surface area contributed by atoms with E-state index in [9.17, 15) is 14.4 Å². The number of carbonyl (C=O) groups is 3. The van der Waals surface area contributed by atoms with Gasteiger partial charge in [0.05, 0.1) is 6.04 Å². The summed E-state index contributed by atoms with van der Waals surface area (Å²) < 4.78 is 0. The molecule has 7 heteroatoms. The van der Waals surface area contributed by atoms with Crippen LogP contribution in [-0.4, -0.2) is 46.3 Å². The van der Waals surface area contributed by atoms with Crippen molar-refractivity contribution in [2.24, 2.45) is 0 Å². The van der Waals surface area contributed by atoms with E-state index in [4.69, 9.17) is 0 Å². The molecular formula is C17H21N3O3S. The molecule has 2 aliphatic heterocycles. The van der Waals surface area contributed by atoms with Gasteiger partial charge in [0.2, 0.25) is 5.91 Å². The van der Waals surface area contributed by atoms with Crippen molar-refractivity contribution in [2.75, 3.05) is 13.1 Å². The number of likely N-dealkylation sites (tertiary alicyclic amines) is 1. The fourth-order valence-corrected chi connectivity index (χ4v) is 4.95. The molecule has 1 atom stereocenters. The summed E-state index contributed by atoms with van der Waals surface area (Å²) in [7, 11) is 0. The van der Waals surface area contributed by atoms with Gasteiger partial charge >= 0.3 is 6.03 Å². The van der Waals surface area contributed by atoms with Gasteiger partial charge in [0.1, 0.15) is 12.1 Å². The first-order chi connectivity index (χ1) is 11.6. The van der Waals surface area contributed by atoms with Crippen molar-refractivity contribution in [3.05, 3.63) is 22.4 Å². The zero-order valence-corrected chi connectivity index (χ0v) is 14.3. The smallest absolute Gasteiger partial charge is 0.325 e. The van der Waals surface area contributed by atoms with Gasteiger partial charge in [0, 0.05) is 6.54 Å². The Kier molecular flexibility index (Phi) is 3.83. The number of rotatable bonds is 3. The first-order valence-electron chi connectivity index (χ1n) is 8.56. The molecule has 0 bridgehead atoms. The Morgan fingerprint density at radius 1 is 1.29 bits per heavy atom. The molecule has 2 saturated heterocycles. The lowest BCUT2D eigenvalue weighted by molar-refractivity contribution is -0.139. The topological polar surface area (TPSA) is 69.7 Å². The highest BCUT2D eigenvalue weighted by Gasteiger charge is 2.53. The van der Waals surface area contributed by atoms with Crippen LogP contribution in [0.2, 0.25) is 0 Å². The Labute approximate surface area is 144 Å². The average Bonchev–Trinajstić information content (AvgIpc) is 3.33. The van der Waals surface area contributed by atoms with Crippen molar-refractivity contribution >= 4 is 29.2 Å². The molecule has 3 fully saturated rings. The predicted molar refractivity (Wildman–Crippen MR) is 89.5 cm³/mol. The molecule has 0 radical (unpaired) electrons. The van der Waals surface area contributed by atoms with Gasteiger partial charge < -0.3 is 10.2 Å². The van der Waals surface area contributed by atoms with Crippen LogP contribution in [0.1, 0.15) is 50.1 Å². The van der Waals surface area contributed by atoms with Crippen LogP contribution in [0.5, 0.6) is 0 Å². The Balaban J connectivity index is 1.48. The van der Waals surface area contributed by atoms with Crippen LogP contribution in [0.4, 0.5) is 4.79 Å². The highest BCUT2D eigenvalue weighted by molar-refractivity contribution is 7.08. The molecule has 1 aliphatic carbocycles. The van der Waals surface area contributed by atoms with Gasteiger partial charge in [-0.2, -0.15) is 11.3 Å². The summed E-state index contributed by atoms with van der Waals surface area (Å²) in [6.45, 7) is 0.543. The van der Waals surface area contributed by atoms with Crippen LogP contribution in [-0.2, 0) is 9.59 Å². The number of hydrogen-bond acceptors (Lipinski definition) is 4. The van der Waals surface area contributed by atoms with Gasteiger partial charge in [-0.1, -0.05) is 12.8 Å². The largest absolute Gasteiger partial charge is 0.334 e. The maximum absolute atomic E-state index is 12.8. The normalized spacial score (nSPS) is 25.8. The Hall–Kier alpha value is -1.89. The van der Waals surface area contributed by atoms with Crippen LogP contribution >= 0.6 is 11.3 Å². The van der Waals surface area contributed by atoms with E-state index >= 15 is 0 Å². The molecule has 1 N–H and O–H groups in total. The molecule has 4 rings (SSSR count). The van der Waals surface area contributed by atoms with E-state index in [0.29, 0.717) is 19.4 Å². The standard InChI is InChI=1S/C17H21N3O3S/c21-14(19-8-3-4-13(19)12-5-9-24-11-12)10-20-15(22)17(18-16(20)23)6-1-2-7-17/h5,9,11,13H,1-4,6-8,10H2,(H,18,23)/t13-/m1/s1. The summed E-state index contributed by atoms with van der Waals surface area (Å²) in [5.74, 6) is -0.355. The van der Waals surface area contributed by atoms with Crippen molar-refractivity contribution in [2.45, 2.75) is 50.1 Å². The van der Waals surface area contributed by atoms with Crippen LogP contribution < -0.4 is 5.32 Å². The van der Waals surface area contributed by atoms with Crippen molar-refractivity contribution in [3.8, 4) is 0 Å². The van der Waals surface area contributed by atoms with Crippen molar-refractivity contribution in [1.82, 2.24) is 15.1 Å². The molecule has 1 aromatic rings. The van der Waals surface area contributed by atoms with Crippen LogP contribution in [0.3, 0.4) is 0 Å².